The number of nitrogens with zero attached hydrogens (tertiary/aromatic N) is 1. The summed E-state index contributed by atoms with van der Waals surface area (Å²) >= 11 is 0.977. The van der Waals surface area contributed by atoms with E-state index in [4.69, 9.17) is 10.2 Å². The van der Waals surface area contributed by atoms with Crippen LogP contribution in [0.1, 0.15) is 6.92 Å². The third-order valence-electron chi connectivity index (χ3n) is 0.707. The predicted molar refractivity (Wildman–Crippen MR) is 35.0 cm³/mol. The minimum atomic E-state index is -0.990. The minimum absolute atomic E-state index is 0.190. The van der Waals surface area contributed by atoms with Crippen LogP contribution in [0.2, 0.25) is 0 Å². The van der Waals surface area contributed by atoms with Crippen molar-refractivity contribution in [3.63, 3.8) is 0 Å². The van der Waals surface area contributed by atoms with E-state index in [1.807, 2.05) is 0 Å². The van der Waals surface area contributed by atoms with Crippen LogP contribution in [0.25, 0.3) is 0 Å². The van der Waals surface area contributed by atoms with E-state index in [-0.39, 0.29) is 6.54 Å². The zero-order valence-electron chi connectivity index (χ0n) is 5.11. The Bertz CT molecular complexity index is 106. The third kappa shape index (κ3) is 4.30. The molecule has 0 fully saturated rings. The van der Waals surface area contributed by atoms with Crippen molar-refractivity contribution in [1.29, 1.82) is 0 Å². The summed E-state index contributed by atoms with van der Waals surface area (Å²) in [6, 6.07) is 0. The average molecular weight is 195 g/mol. The van der Waals surface area contributed by atoms with Crippen molar-refractivity contribution in [2.24, 2.45) is 0 Å². The molecule has 0 heterocycles. The van der Waals surface area contributed by atoms with Crippen LogP contribution in [0.3, 0.4) is 0 Å². The van der Waals surface area contributed by atoms with Gasteiger partial charge in [0.2, 0.25) is 0 Å². The van der Waals surface area contributed by atoms with Gasteiger partial charge in [-0.3, -0.25) is 0 Å². The fourth-order valence-corrected chi connectivity index (χ4v) is 1.00. The van der Waals surface area contributed by atoms with Crippen LogP contribution in [0, 0.1) is 0 Å². The number of amides is 1. The van der Waals surface area contributed by atoms with Crippen molar-refractivity contribution in [2.45, 2.75) is 13.0 Å². The molecule has 1 amide bonds. The predicted octanol–water partition coefficient (Wildman–Crippen LogP) is -1.10. The molecule has 0 radical (unpaired) electrons. The summed E-state index contributed by atoms with van der Waals surface area (Å²) in [5, 5.41) is 16.9. The third-order valence-corrected chi connectivity index (χ3v) is 1.61. The van der Waals surface area contributed by atoms with Gasteiger partial charge in [-0.2, -0.15) is 0 Å². The quantitative estimate of drug-likeness (QED) is 0.549. The van der Waals surface area contributed by atoms with Crippen molar-refractivity contribution in [3.8, 4) is 0 Å². The maximum absolute atomic E-state index is 10.1. The van der Waals surface area contributed by atoms with Gasteiger partial charge >= 0.3 is 61.6 Å². The molecule has 0 aliphatic heterocycles. The first-order valence-corrected chi connectivity index (χ1v) is 3.55. The number of carbonyl (C=O) groups is 1. The summed E-state index contributed by atoms with van der Waals surface area (Å²) < 4.78 is 1.09. The van der Waals surface area contributed by atoms with E-state index in [2.05, 4.69) is 0 Å². The van der Waals surface area contributed by atoms with Crippen molar-refractivity contribution in [2.75, 3.05) is 6.54 Å². The second kappa shape index (κ2) is 3.75. The molecule has 0 aromatic carbocycles. The fraction of sp³-hybridized carbons (Fsp3) is 0.750. The van der Waals surface area contributed by atoms with Gasteiger partial charge in [0, 0.05) is 0 Å². The van der Waals surface area contributed by atoms with E-state index < -0.39 is 12.2 Å². The molecule has 2 unspecified atom stereocenters. The van der Waals surface area contributed by atoms with Gasteiger partial charge in [-0.15, -0.1) is 0 Å². The summed E-state index contributed by atoms with van der Waals surface area (Å²) in [4.78, 5) is 10.1. The molecule has 0 bridgehead atoms. The van der Waals surface area contributed by atoms with E-state index in [9.17, 15) is 4.79 Å². The van der Waals surface area contributed by atoms with Gasteiger partial charge in [0.25, 0.3) is 0 Å². The molecule has 0 aliphatic rings. The Hall–Kier alpha value is -0.212. The monoisotopic (exact) mass is 195 g/mol. The van der Waals surface area contributed by atoms with Crippen LogP contribution in [-0.4, -0.2) is 49.9 Å². The zero-order valence-corrected chi connectivity index (χ0v) is 7.53. The first-order chi connectivity index (χ1) is 4.04. The number of aliphatic hydroxyl groups excluding tert-OH is 1. The van der Waals surface area contributed by atoms with Crippen LogP contribution in [0.15, 0.2) is 0 Å². The van der Waals surface area contributed by atoms with Gasteiger partial charge in [-0.25, -0.2) is 0 Å². The molecule has 2 atom stereocenters. The number of hydrogen-bond acceptors (Lipinski definition) is 2. The molecule has 0 saturated heterocycles. The maximum atomic E-state index is 10.1. The summed E-state index contributed by atoms with van der Waals surface area (Å²) in [6.45, 7) is 1.74. The topological polar surface area (TPSA) is 60.8 Å². The summed E-state index contributed by atoms with van der Waals surface area (Å²) in [5.74, 6) is 0. The van der Waals surface area contributed by atoms with E-state index >= 15 is 0 Å². The van der Waals surface area contributed by atoms with Crippen LogP contribution in [0.4, 0.5) is 4.79 Å². The second-order valence-electron chi connectivity index (χ2n) is 1.78. The Morgan fingerprint density at radius 2 is 2.33 bits per heavy atom. The van der Waals surface area contributed by atoms with Crippen molar-refractivity contribution in [3.05, 3.63) is 0 Å². The van der Waals surface area contributed by atoms with E-state index in [0.717, 1.165) is 20.9 Å². The summed E-state index contributed by atoms with van der Waals surface area (Å²) in [6.07, 6.45) is -1.57. The van der Waals surface area contributed by atoms with Gasteiger partial charge in [-0.05, 0) is 0 Å². The summed E-state index contributed by atoms with van der Waals surface area (Å²) in [5.41, 5.74) is 0. The molecule has 4 nitrogen and oxygen atoms in total. The van der Waals surface area contributed by atoms with Crippen molar-refractivity contribution in [1.82, 2.24) is 3.82 Å². The molecule has 0 saturated carbocycles. The Balaban J connectivity index is 3.50. The van der Waals surface area contributed by atoms with Crippen LogP contribution < -0.4 is 0 Å². The number of aliphatic hydroxyl groups is 1. The molecule has 0 aromatic rings. The molecule has 0 aliphatic carbocycles. The van der Waals surface area contributed by atoms with E-state index in [0.29, 0.717) is 0 Å². The molecule has 0 rings (SSSR count). The Morgan fingerprint density at radius 1 is 1.89 bits per heavy atom. The van der Waals surface area contributed by atoms with Crippen molar-refractivity contribution < 1.29 is 15.0 Å². The fourth-order valence-electron chi connectivity index (χ4n) is 0.363. The zero-order chi connectivity index (χ0) is 7.44. The average Bonchev–Trinajstić information content (AvgIpc) is 1.63. The molecular weight excluding hydrogens is 185 g/mol. The second-order valence-corrected chi connectivity index (χ2v) is 3.09. The van der Waals surface area contributed by atoms with Crippen LogP contribution in [-0.2, 0) is 0 Å². The van der Waals surface area contributed by atoms with Gasteiger partial charge < -0.3 is 0 Å². The van der Waals surface area contributed by atoms with Crippen LogP contribution >= 0.6 is 0 Å². The number of hydrogen-bond donors (Lipinski definition) is 2. The Kier molecular flexibility index (Phi) is 3.66. The van der Waals surface area contributed by atoms with Gasteiger partial charge in [0.1, 0.15) is 0 Å². The first kappa shape index (κ1) is 8.79. The van der Waals surface area contributed by atoms with E-state index in [1.54, 1.807) is 6.92 Å². The molecular formula is C4H10AsNO3. The molecule has 2 N–H and O–H groups in total. The number of carboxylic acid groups (broad SMARTS) is 1. The Labute approximate surface area is 62.2 Å². The normalized spacial score (nSPS) is 12.8. The first-order valence-electron chi connectivity index (χ1n) is 2.47. The van der Waals surface area contributed by atoms with Crippen LogP contribution in [0.5, 0.6) is 0 Å². The summed E-state index contributed by atoms with van der Waals surface area (Å²) in [7, 11) is 0. The van der Waals surface area contributed by atoms with E-state index in [1.165, 1.54) is 0 Å². The van der Waals surface area contributed by atoms with Gasteiger partial charge in [0.15, 0.2) is 0 Å². The van der Waals surface area contributed by atoms with Gasteiger partial charge in [-0.1, -0.05) is 0 Å². The van der Waals surface area contributed by atoms with Gasteiger partial charge in [0.05, 0.1) is 0 Å². The molecule has 5 heteroatoms. The molecule has 0 spiro atoms. The van der Waals surface area contributed by atoms with Crippen molar-refractivity contribution >= 4 is 23.2 Å². The number of rotatable bonds is 2. The molecule has 9 heavy (non-hydrogen) atoms. The molecule has 0 aromatic heterocycles. The molecule has 54 valence electrons. The SMILES string of the molecule is CC(O)CN([AsH2])C(=O)O. The Morgan fingerprint density at radius 3 is 2.44 bits per heavy atom. The standard InChI is InChI=1S/C4H10AsNO3/c1-3(7)2-6(5)4(8)9/h3,7H,2,5H2,1H3,(H,8,9).